The molecule has 6 nitrogen and oxygen atoms in total. The van der Waals surface area contributed by atoms with Gasteiger partial charge in [0.2, 0.25) is 9.47 Å². The van der Waals surface area contributed by atoms with Gasteiger partial charge in [0, 0.05) is 13.1 Å². The second-order valence-electron chi connectivity index (χ2n) is 4.04. The average Bonchev–Trinajstić information content (AvgIpc) is 2.78. The number of hydrogen-bond donors (Lipinski definition) is 1. The Hall–Kier alpha value is -0.730. The normalized spacial score (nSPS) is 12.5. The lowest BCUT2D eigenvalue weighted by Gasteiger charge is -2.23. The summed E-state index contributed by atoms with van der Waals surface area (Å²) in [5.74, 6) is 0.366. The Labute approximate surface area is 112 Å². The molecule has 0 atom stereocenters. The molecule has 1 aromatic heterocycles. The Morgan fingerprint density at radius 1 is 1.28 bits per heavy atom. The molecule has 0 aliphatic carbocycles. The van der Waals surface area contributed by atoms with Crippen molar-refractivity contribution in [3.05, 3.63) is 0 Å². The molecule has 1 aromatic rings. The predicted octanol–water partition coefficient (Wildman–Crippen LogP) is 1.57. The third kappa shape index (κ3) is 3.39. The van der Waals surface area contributed by atoms with E-state index in [9.17, 15) is 8.42 Å². The molecule has 8 heteroatoms. The lowest BCUT2D eigenvalue weighted by molar-refractivity contribution is 0.339. The van der Waals surface area contributed by atoms with Gasteiger partial charge in [0.25, 0.3) is 10.0 Å². The van der Waals surface area contributed by atoms with E-state index in [0.29, 0.717) is 19.0 Å². The summed E-state index contributed by atoms with van der Waals surface area (Å²) in [4.78, 5) is 0. The van der Waals surface area contributed by atoms with E-state index in [1.54, 1.807) is 0 Å². The van der Waals surface area contributed by atoms with E-state index in [1.807, 2.05) is 6.92 Å². The van der Waals surface area contributed by atoms with Crippen LogP contribution in [0.2, 0.25) is 0 Å². The summed E-state index contributed by atoms with van der Waals surface area (Å²) in [6, 6.07) is 0. The van der Waals surface area contributed by atoms with E-state index < -0.39 is 10.0 Å². The molecule has 0 radical (unpaired) electrons. The predicted molar refractivity (Wildman–Crippen MR) is 72.8 cm³/mol. The molecule has 1 rings (SSSR count). The minimum absolute atomic E-state index is 0.0205. The van der Waals surface area contributed by atoms with Crippen molar-refractivity contribution < 1.29 is 8.42 Å². The number of hydrogen-bond acceptors (Lipinski definition) is 6. The van der Waals surface area contributed by atoms with Gasteiger partial charge in [0.1, 0.15) is 0 Å². The third-order valence-corrected chi connectivity index (χ3v) is 5.99. The quantitative estimate of drug-likeness (QED) is 0.824. The number of rotatable bonds is 7. The van der Waals surface area contributed by atoms with Crippen LogP contribution in [0.25, 0.3) is 0 Å². The molecule has 2 N–H and O–H groups in total. The Bertz CT molecular complexity index is 468. The van der Waals surface area contributed by atoms with E-state index in [4.69, 9.17) is 5.73 Å². The van der Waals surface area contributed by atoms with Crippen LogP contribution in [0.5, 0.6) is 0 Å². The van der Waals surface area contributed by atoms with Crippen molar-refractivity contribution >= 4 is 26.5 Å². The van der Waals surface area contributed by atoms with Gasteiger partial charge in [-0.2, -0.15) is 4.31 Å². The summed E-state index contributed by atoms with van der Waals surface area (Å²) in [5, 5.41) is 7.36. The van der Waals surface area contributed by atoms with Crippen LogP contribution in [-0.4, -0.2) is 36.0 Å². The molecule has 0 spiro atoms. The summed E-state index contributed by atoms with van der Waals surface area (Å²) in [5.41, 5.74) is 5.43. The van der Waals surface area contributed by atoms with Gasteiger partial charge in [-0.25, -0.2) is 8.42 Å². The van der Waals surface area contributed by atoms with E-state index >= 15 is 0 Å². The zero-order chi connectivity index (χ0) is 13.8. The molecule has 18 heavy (non-hydrogen) atoms. The van der Waals surface area contributed by atoms with Gasteiger partial charge in [0.15, 0.2) is 0 Å². The second-order valence-corrected chi connectivity index (χ2v) is 7.17. The SMILES string of the molecule is CCC(CC)CN(CC)S(=O)(=O)c1nnc(N)s1. The summed E-state index contributed by atoms with van der Waals surface area (Å²) < 4.78 is 26.1. The molecule has 0 amide bonds. The molecule has 0 saturated carbocycles. The Kier molecular flexibility index (Phi) is 5.48. The summed E-state index contributed by atoms with van der Waals surface area (Å²) in [6.45, 7) is 6.91. The molecule has 0 bridgehead atoms. The standard InChI is InChI=1S/C10H20N4O2S2/c1-4-8(5-2)7-14(6-3)18(15,16)10-13-12-9(11)17-10/h8H,4-7H2,1-3H3,(H2,11,12). The van der Waals surface area contributed by atoms with Gasteiger partial charge in [-0.3, -0.25) is 0 Å². The van der Waals surface area contributed by atoms with Gasteiger partial charge < -0.3 is 5.73 Å². The Morgan fingerprint density at radius 2 is 1.89 bits per heavy atom. The molecule has 0 aromatic carbocycles. The highest BCUT2D eigenvalue weighted by Crippen LogP contribution is 2.23. The van der Waals surface area contributed by atoms with Gasteiger partial charge >= 0.3 is 0 Å². The van der Waals surface area contributed by atoms with Crippen LogP contribution in [-0.2, 0) is 10.0 Å². The fourth-order valence-corrected chi connectivity index (χ4v) is 4.11. The van der Waals surface area contributed by atoms with Crippen LogP contribution in [0.3, 0.4) is 0 Å². The maximum atomic E-state index is 12.3. The maximum Gasteiger partial charge on any atom is 0.272 e. The zero-order valence-electron chi connectivity index (χ0n) is 11.0. The maximum absolute atomic E-state index is 12.3. The van der Waals surface area contributed by atoms with E-state index in [2.05, 4.69) is 24.0 Å². The van der Waals surface area contributed by atoms with Crippen molar-refractivity contribution in [3.8, 4) is 0 Å². The van der Waals surface area contributed by atoms with Crippen molar-refractivity contribution in [1.29, 1.82) is 0 Å². The van der Waals surface area contributed by atoms with Gasteiger partial charge in [-0.15, -0.1) is 10.2 Å². The third-order valence-electron chi connectivity index (χ3n) is 2.95. The fourth-order valence-electron chi connectivity index (χ4n) is 1.67. The van der Waals surface area contributed by atoms with Crippen LogP contribution in [0, 0.1) is 5.92 Å². The first kappa shape index (κ1) is 15.3. The van der Waals surface area contributed by atoms with E-state index in [0.717, 1.165) is 24.2 Å². The molecular weight excluding hydrogens is 272 g/mol. The Balaban J connectivity index is 2.93. The van der Waals surface area contributed by atoms with E-state index in [-0.39, 0.29) is 9.47 Å². The van der Waals surface area contributed by atoms with Gasteiger partial charge in [-0.1, -0.05) is 44.9 Å². The van der Waals surface area contributed by atoms with Crippen molar-refractivity contribution in [2.45, 2.75) is 38.0 Å². The molecule has 0 fully saturated rings. The zero-order valence-corrected chi connectivity index (χ0v) is 12.6. The van der Waals surface area contributed by atoms with Gasteiger partial charge in [-0.05, 0) is 5.92 Å². The van der Waals surface area contributed by atoms with Crippen LogP contribution in [0.1, 0.15) is 33.6 Å². The minimum Gasteiger partial charge on any atom is -0.374 e. The number of nitrogens with zero attached hydrogens (tertiary/aromatic N) is 3. The first-order valence-electron chi connectivity index (χ1n) is 6.04. The highest BCUT2D eigenvalue weighted by atomic mass is 32.2. The lowest BCUT2D eigenvalue weighted by atomic mass is 10.0. The molecule has 0 saturated heterocycles. The molecular formula is C10H20N4O2S2. The van der Waals surface area contributed by atoms with Gasteiger partial charge in [0.05, 0.1) is 0 Å². The topological polar surface area (TPSA) is 89.2 Å². The molecule has 1 heterocycles. The number of aromatic nitrogens is 2. The fraction of sp³-hybridized carbons (Fsp3) is 0.800. The Morgan fingerprint density at radius 3 is 2.28 bits per heavy atom. The molecule has 0 aliphatic rings. The highest BCUT2D eigenvalue weighted by molar-refractivity contribution is 7.91. The monoisotopic (exact) mass is 292 g/mol. The summed E-state index contributed by atoms with van der Waals surface area (Å²) in [7, 11) is -3.55. The largest absolute Gasteiger partial charge is 0.374 e. The molecule has 104 valence electrons. The summed E-state index contributed by atoms with van der Waals surface area (Å²) >= 11 is 0.907. The smallest absolute Gasteiger partial charge is 0.272 e. The number of anilines is 1. The average molecular weight is 292 g/mol. The van der Waals surface area contributed by atoms with Crippen LogP contribution in [0.15, 0.2) is 4.34 Å². The van der Waals surface area contributed by atoms with Crippen LogP contribution < -0.4 is 5.73 Å². The first-order chi connectivity index (χ1) is 8.45. The number of nitrogens with two attached hydrogens (primary N) is 1. The van der Waals surface area contributed by atoms with Crippen LogP contribution in [0.4, 0.5) is 5.13 Å². The molecule has 0 aliphatic heterocycles. The number of sulfonamides is 1. The van der Waals surface area contributed by atoms with Crippen molar-refractivity contribution in [1.82, 2.24) is 14.5 Å². The highest BCUT2D eigenvalue weighted by Gasteiger charge is 2.28. The molecule has 0 unspecified atom stereocenters. The summed E-state index contributed by atoms with van der Waals surface area (Å²) in [6.07, 6.45) is 1.92. The first-order valence-corrected chi connectivity index (χ1v) is 8.30. The number of nitrogen functional groups attached to an aromatic ring is 1. The van der Waals surface area contributed by atoms with Crippen molar-refractivity contribution in [3.63, 3.8) is 0 Å². The van der Waals surface area contributed by atoms with Crippen molar-refractivity contribution in [2.24, 2.45) is 5.92 Å². The van der Waals surface area contributed by atoms with Crippen LogP contribution >= 0.6 is 11.3 Å². The van der Waals surface area contributed by atoms with E-state index in [1.165, 1.54) is 4.31 Å². The van der Waals surface area contributed by atoms with Crippen molar-refractivity contribution in [2.75, 3.05) is 18.8 Å². The second kappa shape index (κ2) is 6.44. The minimum atomic E-state index is -3.55. The lowest BCUT2D eigenvalue weighted by Crippen LogP contribution is -2.35.